The van der Waals surface area contributed by atoms with Crippen LogP contribution in [-0.4, -0.2) is 43.6 Å². The van der Waals surface area contributed by atoms with Crippen LogP contribution in [0.25, 0.3) is 10.9 Å². The van der Waals surface area contributed by atoms with Crippen LogP contribution in [0.3, 0.4) is 0 Å². The van der Waals surface area contributed by atoms with Crippen molar-refractivity contribution in [3.8, 4) is 28.7 Å². The van der Waals surface area contributed by atoms with Crippen molar-refractivity contribution in [1.29, 1.82) is 0 Å². The Kier molecular flexibility index (Phi) is 8.15. The summed E-state index contributed by atoms with van der Waals surface area (Å²) in [6.07, 6.45) is 1.04. The number of aromatic nitrogens is 1. The predicted molar refractivity (Wildman–Crippen MR) is 143 cm³/mol. The van der Waals surface area contributed by atoms with Crippen LogP contribution in [0.15, 0.2) is 60.8 Å². The van der Waals surface area contributed by atoms with Gasteiger partial charge in [-0.1, -0.05) is 0 Å². The van der Waals surface area contributed by atoms with E-state index in [1.165, 1.54) is 29.2 Å². The zero-order valence-electron chi connectivity index (χ0n) is 21.7. The van der Waals surface area contributed by atoms with E-state index >= 15 is 0 Å². The number of benzene rings is 3. The summed E-state index contributed by atoms with van der Waals surface area (Å²) in [5.41, 5.74) is 2.76. The molecule has 0 fully saturated rings. The normalized spacial score (nSPS) is 10.8. The molecule has 0 unspecified atom stereocenters. The molecule has 4 rings (SSSR count). The van der Waals surface area contributed by atoms with Crippen molar-refractivity contribution in [3.05, 3.63) is 77.7 Å². The van der Waals surface area contributed by atoms with Gasteiger partial charge in [0.25, 0.3) is 0 Å². The van der Waals surface area contributed by atoms with Crippen molar-refractivity contribution in [2.24, 2.45) is 0 Å². The van der Waals surface area contributed by atoms with Crippen LogP contribution >= 0.6 is 0 Å². The fourth-order valence-corrected chi connectivity index (χ4v) is 4.09. The molecule has 1 aromatic heterocycles. The number of halogens is 1. The highest BCUT2D eigenvalue weighted by atomic mass is 19.1. The Morgan fingerprint density at radius 3 is 2.32 bits per heavy atom. The third kappa shape index (κ3) is 5.88. The summed E-state index contributed by atoms with van der Waals surface area (Å²) in [7, 11) is 3.13. The van der Waals surface area contributed by atoms with Crippen molar-refractivity contribution in [2.45, 2.75) is 20.3 Å². The van der Waals surface area contributed by atoms with Crippen LogP contribution in [0.5, 0.6) is 28.7 Å². The average Bonchev–Trinajstić information content (AvgIpc) is 2.91. The van der Waals surface area contributed by atoms with Gasteiger partial charge in [-0.25, -0.2) is 9.18 Å². The minimum Gasteiger partial charge on any atom is -0.494 e. The van der Waals surface area contributed by atoms with Gasteiger partial charge in [-0.3, -0.25) is 9.88 Å². The molecule has 0 saturated carbocycles. The van der Waals surface area contributed by atoms with E-state index in [-0.39, 0.29) is 19.0 Å². The molecule has 0 aliphatic rings. The van der Waals surface area contributed by atoms with Gasteiger partial charge in [-0.15, -0.1) is 0 Å². The van der Waals surface area contributed by atoms with Gasteiger partial charge in [0.1, 0.15) is 23.1 Å². The molecule has 9 heteroatoms. The zero-order chi connectivity index (χ0) is 27.2. The average molecular weight is 521 g/mol. The number of carboxylic acid groups (broad SMARTS) is 1. The summed E-state index contributed by atoms with van der Waals surface area (Å²) in [4.78, 5) is 17.8. The monoisotopic (exact) mass is 520 g/mol. The summed E-state index contributed by atoms with van der Waals surface area (Å²) in [5.74, 6) is 2.49. The van der Waals surface area contributed by atoms with E-state index in [9.17, 15) is 14.3 Å². The standard InChI is InChI=1S/C29H29FN2O6/c1-18-15-26(38-25-10-11-31-23-17-28(36-4)27(35-3)16-22(23)25)19(2)14-24(18)32(29(33)34)12-5-13-37-21-8-6-20(30)7-9-21/h6-11,14-17H,5,12-13H2,1-4H3,(H,33,34). The van der Waals surface area contributed by atoms with E-state index in [2.05, 4.69) is 4.98 Å². The van der Waals surface area contributed by atoms with Gasteiger partial charge in [0.15, 0.2) is 11.5 Å². The van der Waals surface area contributed by atoms with Gasteiger partial charge in [0.05, 0.1) is 32.0 Å². The number of amides is 1. The number of pyridine rings is 1. The Hall–Kier alpha value is -4.53. The number of hydrogen-bond acceptors (Lipinski definition) is 6. The topological polar surface area (TPSA) is 90.4 Å². The molecule has 1 N–H and O–H groups in total. The van der Waals surface area contributed by atoms with Gasteiger partial charge >= 0.3 is 6.09 Å². The number of aryl methyl sites for hydroxylation is 2. The Bertz CT molecular complexity index is 1440. The minimum atomic E-state index is -1.07. The lowest BCUT2D eigenvalue weighted by atomic mass is 10.1. The molecule has 3 aromatic carbocycles. The number of methoxy groups -OCH3 is 2. The first-order valence-electron chi connectivity index (χ1n) is 12.0. The molecule has 8 nitrogen and oxygen atoms in total. The maximum atomic E-state index is 13.1. The molecule has 38 heavy (non-hydrogen) atoms. The van der Waals surface area contributed by atoms with Crippen LogP contribution in [0.1, 0.15) is 17.5 Å². The molecule has 0 radical (unpaired) electrons. The van der Waals surface area contributed by atoms with E-state index in [1.807, 2.05) is 26.0 Å². The van der Waals surface area contributed by atoms with E-state index in [0.717, 1.165) is 16.5 Å². The lowest BCUT2D eigenvalue weighted by Gasteiger charge is -2.23. The van der Waals surface area contributed by atoms with Crippen LogP contribution < -0.4 is 23.8 Å². The third-order valence-corrected chi connectivity index (χ3v) is 6.05. The second kappa shape index (κ2) is 11.7. The number of ether oxygens (including phenoxy) is 4. The fourth-order valence-electron chi connectivity index (χ4n) is 4.09. The van der Waals surface area contributed by atoms with Gasteiger partial charge in [0.2, 0.25) is 0 Å². The first-order chi connectivity index (χ1) is 18.3. The second-order valence-corrected chi connectivity index (χ2v) is 8.63. The highest BCUT2D eigenvalue weighted by Crippen LogP contribution is 2.38. The minimum absolute atomic E-state index is 0.230. The summed E-state index contributed by atoms with van der Waals surface area (Å²) in [6, 6.07) is 14.7. The lowest BCUT2D eigenvalue weighted by Crippen LogP contribution is -2.31. The molecular weight excluding hydrogens is 491 g/mol. The molecule has 0 atom stereocenters. The molecule has 4 aromatic rings. The van der Waals surface area contributed by atoms with Crippen LogP contribution in [0.4, 0.5) is 14.9 Å². The highest BCUT2D eigenvalue weighted by molar-refractivity contribution is 5.89. The van der Waals surface area contributed by atoms with E-state index in [4.69, 9.17) is 18.9 Å². The number of rotatable bonds is 10. The van der Waals surface area contributed by atoms with E-state index < -0.39 is 6.09 Å². The smallest absolute Gasteiger partial charge is 0.411 e. The van der Waals surface area contributed by atoms with E-state index in [0.29, 0.717) is 46.4 Å². The second-order valence-electron chi connectivity index (χ2n) is 8.63. The summed E-state index contributed by atoms with van der Waals surface area (Å²) >= 11 is 0. The Balaban J connectivity index is 1.52. The maximum absolute atomic E-state index is 13.1. The SMILES string of the molecule is COc1cc2nccc(Oc3cc(C)c(N(CCCOc4ccc(F)cc4)C(=O)O)cc3C)c2cc1OC. The predicted octanol–water partition coefficient (Wildman–Crippen LogP) is 6.75. The first kappa shape index (κ1) is 26.5. The number of nitrogens with zero attached hydrogens (tertiary/aromatic N) is 2. The largest absolute Gasteiger partial charge is 0.494 e. The van der Waals surface area contributed by atoms with Crippen LogP contribution in [-0.2, 0) is 0 Å². The van der Waals surface area contributed by atoms with Crippen LogP contribution in [0, 0.1) is 19.7 Å². The summed E-state index contributed by atoms with van der Waals surface area (Å²) < 4.78 is 35.7. The van der Waals surface area contributed by atoms with E-state index in [1.54, 1.807) is 38.6 Å². The molecule has 198 valence electrons. The molecular formula is C29H29FN2O6. The fraction of sp³-hybridized carbons (Fsp3) is 0.241. The molecule has 0 saturated heterocycles. The van der Waals surface area contributed by atoms with Gasteiger partial charge < -0.3 is 24.1 Å². The highest BCUT2D eigenvalue weighted by Gasteiger charge is 2.19. The number of fused-ring (bicyclic) bond motifs is 1. The molecule has 1 heterocycles. The Labute approximate surface area is 220 Å². The number of anilines is 1. The van der Waals surface area contributed by atoms with Crippen molar-refractivity contribution < 1.29 is 33.2 Å². The summed E-state index contributed by atoms with van der Waals surface area (Å²) in [5, 5.41) is 10.6. The summed E-state index contributed by atoms with van der Waals surface area (Å²) in [6.45, 7) is 4.22. The molecule has 0 spiro atoms. The number of carbonyl (C=O) groups is 1. The van der Waals surface area contributed by atoms with Crippen molar-refractivity contribution >= 4 is 22.7 Å². The molecule has 0 bridgehead atoms. The van der Waals surface area contributed by atoms with Crippen molar-refractivity contribution in [2.75, 3.05) is 32.3 Å². The van der Waals surface area contributed by atoms with Crippen LogP contribution in [0.2, 0.25) is 0 Å². The molecule has 0 aliphatic heterocycles. The first-order valence-corrected chi connectivity index (χ1v) is 12.0. The molecule has 1 amide bonds. The Morgan fingerprint density at radius 1 is 0.921 bits per heavy atom. The van der Waals surface area contributed by atoms with Crippen molar-refractivity contribution in [1.82, 2.24) is 4.98 Å². The third-order valence-electron chi connectivity index (χ3n) is 6.05. The molecule has 0 aliphatic carbocycles. The zero-order valence-corrected chi connectivity index (χ0v) is 21.7. The quantitative estimate of drug-likeness (QED) is 0.231. The Morgan fingerprint density at radius 2 is 1.63 bits per heavy atom. The van der Waals surface area contributed by atoms with Gasteiger partial charge in [-0.05, 0) is 79.9 Å². The van der Waals surface area contributed by atoms with Gasteiger partial charge in [-0.2, -0.15) is 0 Å². The van der Waals surface area contributed by atoms with Gasteiger partial charge in [0, 0.05) is 24.2 Å². The number of hydrogen-bond donors (Lipinski definition) is 1. The lowest BCUT2D eigenvalue weighted by molar-refractivity contribution is 0.201. The van der Waals surface area contributed by atoms with Crippen molar-refractivity contribution in [3.63, 3.8) is 0 Å². The maximum Gasteiger partial charge on any atom is 0.411 e.